The predicted molar refractivity (Wildman–Crippen MR) is 25.4 cm³/mol. The largest absolute Gasteiger partial charge is 0.320 e. The number of hydrogen-bond donors (Lipinski definition) is 1. The van der Waals surface area contributed by atoms with Gasteiger partial charge in [-0.1, -0.05) is 6.92 Å². The summed E-state index contributed by atoms with van der Waals surface area (Å²) in [5.41, 5.74) is 0. The molecule has 1 nitrogen and oxygen atoms in total. The first kappa shape index (κ1) is 9.12. The molecule has 0 unspecified atom stereocenters. The summed E-state index contributed by atoms with van der Waals surface area (Å²) in [4.78, 5) is 0. The van der Waals surface area contributed by atoms with Gasteiger partial charge in [0, 0.05) is 18.9 Å². The SMILES string of the molecule is CCNC.[Li]. The van der Waals surface area contributed by atoms with Crippen LogP contribution in [0.1, 0.15) is 6.92 Å². The Hall–Kier alpha value is 0.557. The first-order valence-electron chi connectivity index (χ1n) is 1.56. The van der Waals surface area contributed by atoms with Crippen molar-refractivity contribution in [2.45, 2.75) is 6.92 Å². The van der Waals surface area contributed by atoms with Gasteiger partial charge in [-0.15, -0.1) is 0 Å². The van der Waals surface area contributed by atoms with Crippen LogP contribution in [0, 0.1) is 0 Å². The van der Waals surface area contributed by atoms with Crippen molar-refractivity contribution >= 4 is 18.9 Å². The van der Waals surface area contributed by atoms with Gasteiger partial charge in [0.05, 0.1) is 0 Å². The van der Waals surface area contributed by atoms with Crippen LogP contribution in [0.2, 0.25) is 0 Å². The summed E-state index contributed by atoms with van der Waals surface area (Å²) in [6.07, 6.45) is 0. The van der Waals surface area contributed by atoms with Gasteiger partial charge in [0.2, 0.25) is 0 Å². The molecule has 0 rings (SSSR count). The zero-order chi connectivity index (χ0) is 3.41. The van der Waals surface area contributed by atoms with E-state index in [2.05, 4.69) is 12.2 Å². The van der Waals surface area contributed by atoms with Gasteiger partial charge in [0.15, 0.2) is 0 Å². The molecule has 1 radical (unpaired) electrons. The molecular formula is C3H9LiN. The van der Waals surface area contributed by atoms with Crippen LogP contribution in [0.5, 0.6) is 0 Å². The van der Waals surface area contributed by atoms with E-state index in [1.54, 1.807) is 0 Å². The van der Waals surface area contributed by atoms with E-state index in [1.807, 2.05) is 7.05 Å². The third-order valence-corrected chi connectivity index (χ3v) is 0.354. The molecule has 1 N–H and O–H groups in total. The van der Waals surface area contributed by atoms with Crippen LogP contribution in [0.3, 0.4) is 0 Å². The van der Waals surface area contributed by atoms with Crippen LogP contribution in [-0.4, -0.2) is 32.5 Å². The average Bonchev–Trinajstić information content (AvgIpc) is 1.37. The van der Waals surface area contributed by atoms with Crippen LogP contribution in [0.15, 0.2) is 0 Å². The van der Waals surface area contributed by atoms with Gasteiger partial charge in [-0.05, 0) is 13.6 Å². The Morgan fingerprint density at radius 2 is 1.80 bits per heavy atom. The summed E-state index contributed by atoms with van der Waals surface area (Å²) >= 11 is 0. The van der Waals surface area contributed by atoms with E-state index in [-0.39, 0.29) is 18.9 Å². The molecule has 0 saturated heterocycles. The fraction of sp³-hybridized carbons (Fsp3) is 1.00. The van der Waals surface area contributed by atoms with Crippen molar-refractivity contribution in [3.05, 3.63) is 0 Å². The van der Waals surface area contributed by atoms with Crippen LogP contribution < -0.4 is 5.32 Å². The minimum atomic E-state index is 0. The van der Waals surface area contributed by atoms with Gasteiger partial charge >= 0.3 is 0 Å². The van der Waals surface area contributed by atoms with E-state index in [0.717, 1.165) is 6.54 Å². The van der Waals surface area contributed by atoms with Gasteiger partial charge < -0.3 is 5.32 Å². The molecule has 0 amide bonds. The molecule has 0 aliphatic rings. The third kappa shape index (κ3) is 12.3. The van der Waals surface area contributed by atoms with Crippen molar-refractivity contribution in [3.8, 4) is 0 Å². The van der Waals surface area contributed by atoms with E-state index in [9.17, 15) is 0 Å². The van der Waals surface area contributed by atoms with E-state index >= 15 is 0 Å². The van der Waals surface area contributed by atoms with Gasteiger partial charge in [-0.2, -0.15) is 0 Å². The zero-order valence-electron chi connectivity index (χ0n) is 4.21. The molecule has 0 aliphatic heterocycles. The molecular weight excluding hydrogens is 57.0 g/mol. The van der Waals surface area contributed by atoms with Crippen molar-refractivity contribution in [1.29, 1.82) is 0 Å². The van der Waals surface area contributed by atoms with E-state index < -0.39 is 0 Å². The Bertz CT molecular complexity index is 8.85. The summed E-state index contributed by atoms with van der Waals surface area (Å²) < 4.78 is 0. The third-order valence-electron chi connectivity index (χ3n) is 0.354. The zero-order valence-corrected chi connectivity index (χ0v) is 4.21. The van der Waals surface area contributed by atoms with Gasteiger partial charge in [0.25, 0.3) is 0 Å². The normalized spacial score (nSPS) is 6.00. The fourth-order valence-electron chi connectivity index (χ4n) is 0. The monoisotopic (exact) mass is 66.1 g/mol. The molecule has 0 aromatic rings. The Kier molecular flexibility index (Phi) is 16.1. The van der Waals surface area contributed by atoms with Crippen molar-refractivity contribution < 1.29 is 0 Å². The molecule has 5 heavy (non-hydrogen) atoms. The standard InChI is InChI=1S/C3H9N.Li/c1-3-4-2;/h4H,3H2,1-2H3;. The van der Waals surface area contributed by atoms with Crippen LogP contribution in [0.4, 0.5) is 0 Å². The Labute approximate surface area is 45.3 Å². The molecule has 27 valence electrons. The van der Waals surface area contributed by atoms with Gasteiger partial charge in [0.1, 0.15) is 0 Å². The Balaban J connectivity index is 0. The van der Waals surface area contributed by atoms with Crippen molar-refractivity contribution in [1.82, 2.24) is 5.32 Å². The molecule has 0 bridgehead atoms. The first-order chi connectivity index (χ1) is 1.91. The maximum Gasteiger partial charge on any atom is 0 e. The van der Waals surface area contributed by atoms with Gasteiger partial charge in [-0.3, -0.25) is 0 Å². The Morgan fingerprint density at radius 1 is 1.60 bits per heavy atom. The van der Waals surface area contributed by atoms with Crippen LogP contribution in [0.25, 0.3) is 0 Å². The minimum absolute atomic E-state index is 0. The predicted octanol–water partition coefficient (Wildman–Crippen LogP) is -0.155. The summed E-state index contributed by atoms with van der Waals surface area (Å²) in [6.45, 7) is 3.14. The summed E-state index contributed by atoms with van der Waals surface area (Å²) in [6, 6.07) is 0. The smallest absolute Gasteiger partial charge is 0 e. The number of nitrogens with one attached hydrogen (secondary N) is 1. The van der Waals surface area contributed by atoms with E-state index in [0.29, 0.717) is 0 Å². The summed E-state index contributed by atoms with van der Waals surface area (Å²) in [7, 11) is 1.93. The molecule has 0 aliphatic carbocycles. The molecule has 0 aromatic heterocycles. The summed E-state index contributed by atoms with van der Waals surface area (Å²) in [5.74, 6) is 0. The molecule has 2 heteroatoms. The second-order valence-corrected chi connectivity index (χ2v) is 0.707. The molecule has 0 fully saturated rings. The van der Waals surface area contributed by atoms with E-state index in [1.165, 1.54) is 0 Å². The second-order valence-electron chi connectivity index (χ2n) is 0.707. The second kappa shape index (κ2) is 8.82. The van der Waals surface area contributed by atoms with Crippen LogP contribution >= 0.6 is 0 Å². The van der Waals surface area contributed by atoms with E-state index in [4.69, 9.17) is 0 Å². The van der Waals surface area contributed by atoms with Gasteiger partial charge in [-0.25, -0.2) is 0 Å². The minimum Gasteiger partial charge on any atom is -0.320 e. The van der Waals surface area contributed by atoms with Crippen molar-refractivity contribution in [2.75, 3.05) is 13.6 Å². The molecule has 0 spiro atoms. The molecule has 0 aromatic carbocycles. The average molecular weight is 66.1 g/mol. The maximum atomic E-state index is 2.93. The topological polar surface area (TPSA) is 12.0 Å². The first-order valence-corrected chi connectivity index (χ1v) is 1.56. The molecule has 0 atom stereocenters. The Morgan fingerprint density at radius 3 is 1.80 bits per heavy atom. The quantitative estimate of drug-likeness (QED) is 0.419. The summed E-state index contributed by atoms with van der Waals surface area (Å²) in [5, 5.41) is 2.93. The maximum absolute atomic E-state index is 2.93. The van der Waals surface area contributed by atoms with Crippen molar-refractivity contribution in [2.24, 2.45) is 0 Å². The fourth-order valence-corrected chi connectivity index (χ4v) is 0. The number of hydrogen-bond acceptors (Lipinski definition) is 1. The van der Waals surface area contributed by atoms with Crippen molar-refractivity contribution in [3.63, 3.8) is 0 Å². The number of rotatable bonds is 1. The van der Waals surface area contributed by atoms with Crippen LogP contribution in [-0.2, 0) is 0 Å². The molecule has 0 saturated carbocycles. The molecule has 0 heterocycles.